The van der Waals surface area contributed by atoms with Gasteiger partial charge in [0.05, 0.1) is 11.6 Å². The van der Waals surface area contributed by atoms with E-state index in [1.807, 2.05) is 44.4 Å². The molecule has 1 atom stereocenters. The number of fused-ring (bicyclic) bond motifs is 1. The Morgan fingerprint density at radius 2 is 1.90 bits per heavy atom. The highest BCUT2D eigenvalue weighted by atomic mass is 35.5. The highest BCUT2D eigenvalue weighted by Crippen LogP contribution is 2.29. The Morgan fingerprint density at radius 1 is 1.10 bits per heavy atom. The fraction of sp³-hybridized carbons (Fsp3) is 0.167. The average molecular weight is 297 g/mol. The van der Waals surface area contributed by atoms with E-state index in [-0.39, 0.29) is 6.04 Å². The minimum absolute atomic E-state index is 0.0935. The van der Waals surface area contributed by atoms with Crippen LogP contribution in [0, 0.1) is 6.92 Å². The monoisotopic (exact) mass is 296 g/mol. The summed E-state index contributed by atoms with van der Waals surface area (Å²) in [4.78, 5) is 4.43. The van der Waals surface area contributed by atoms with E-state index in [9.17, 15) is 0 Å². The Hall–Kier alpha value is -1.90. The summed E-state index contributed by atoms with van der Waals surface area (Å²) in [5, 5.41) is 5.35. The SMILES string of the molecule is CNC(c1ccc(C)c(Cl)c1)c1ccnc2ccccc12. The highest BCUT2D eigenvalue weighted by Gasteiger charge is 2.15. The summed E-state index contributed by atoms with van der Waals surface area (Å²) in [6, 6.07) is 16.6. The molecule has 0 fully saturated rings. The number of para-hydroxylation sites is 1. The van der Waals surface area contributed by atoms with Crippen molar-refractivity contribution in [1.82, 2.24) is 10.3 Å². The van der Waals surface area contributed by atoms with Gasteiger partial charge in [0.15, 0.2) is 0 Å². The third-order valence-electron chi connectivity index (χ3n) is 3.81. The molecule has 2 nitrogen and oxygen atoms in total. The number of hydrogen-bond donors (Lipinski definition) is 1. The molecule has 1 N–H and O–H groups in total. The van der Waals surface area contributed by atoms with Crippen molar-refractivity contribution in [2.45, 2.75) is 13.0 Å². The quantitative estimate of drug-likeness (QED) is 0.769. The van der Waals surface area contributed by atoms with Gasteiger partial charge in [-0.1, -0.05) is 41.9 Å². The van der Waals surface area contributed by atoms with Gasteiger partial charge in [-0.3, -0.25) is 4.98 Å². The number of hydrogen-bond acceptors (Lipinski definition) is 2. The topological polar surface area (TPSA) is 24.9 Å². The molecular weight excluding hydrogens is 280 g/mol. The first-order valence-electron chi connectivity index (χ1n) is 6.97. The normalized spacial score (nSPS) is 12.5. The van der Waals surface area contributed by atoms with E-state index >= 15 is 0 Å². The summed E-state index contributed by atoms with van der Waals surface area (Å²) in [6.07, 6.45) is 1.86. The van der Waals surface area contributed by atoms with Gasteiger partial charge in [0.25, 0.3) is 0 Å². The van der Waals surface area contributed by atoms with Gasteiger partial charge in [0.1, 0.15) is 0 Å². The van der Waals surface area contributed by atoms with Crippen LogP contribution in [0.25, 0.3) is 10.9 Å². The lowest BCUT2D eigenvalue weighted by Crippen LogP contribution is -2.18. The zero-order valence-electron chi connectivity index (χ0n) is 12.1. The molecule has 3 rings (SSSR count). The van der Waals surface area contributed by atoms with Crippen LogP contribution >= 0.6 is 11.6 Å². The van der Waals surface area contributed by atoms with Crippen LogP contribution in [0.1, 0.15) is 22.7 Å². The van der Waals surface area contributed by atoms with Crippen molar-refractivity contribution >= 4 is 22.5 Å². The first kappa shape index (κ1) is 14.1. The molecule has 0 bridgehead atoms. The molecule has 0 aliphatic carbocycles. The first-order valence-corrected chi connectivity index (χ1v) is 7.35. The number of rotatable bonds is 3. The molecule has 0 radical (unpaired) electrons. The average Bonchev–Trinajstić information content (AvgIpc) is 2.52. The summed E-state index contributed by atoms with van der Waals surface area (Å²) >= 11 is 6.28. The van der Waals surface area contributed by atoms with E-state index in [4.69, 9.17) is 11.6 Å². The lowest BCUT2D eigenvalue weighted by atomic mass is 9.95. The Balaban J connectivity index is 2.16. The largest absolute Gasteiger partial charge is 0.309 e. The van der Waals surface area contributed by atoms with Crippen molar-refractivity contribution in [3.8, 4) is 0 Å². The highest BCUT2D eigenvalue weighted by molar-refractivity contribution is 6.31. The number of halogens is 1. The minimum Gasteiger partial charge on any atom is -0.309 e. The zero-order valence-corrected chi connectivity index (χ0v) is 12.9. The Morgan fingerprint density at radius 3 is 2.67 bits per heavy atom. The maximum absolute atomic E-state index is 6.28. The molecule has 1 unspecified atom stereocenters. The molecule has 21 heavy (non-hydrogen) atoms. The Kier molecular flexibility index (Phi) is 3.91. The van der Waals surface area contributed by atoms with E-state index in [2.05, 4.69) is 34.6 Å². The summed E-state index contributed by atoms with van der Waals surface area (Å²) in [5.41, 5.74) is 4.47. The third kappa shape index (κ3) is 2.65. The maximum Gasteiger partial charge on any atom is 0.0705 e. The van der Waals surface area contributed by atoms with E-state index in [1.54, 1.807) is 0 Å². The van der Waals surface area contributed by atoms with Gasteiger partial charge in [-0.25, -0.2) is 0 Å². The van der Waals surface area contributed by atoms with Crippen LogP contribution in [0.15, 0.2) is 54.7 Å². The van der Waals surface area contributed by atoms with Gasteiger partial charge in [-0.15, -0.1) is 0 Å². The Bertz CT molecular complexity index is 778. The van der Waals surface area contributed by atoms with E-state index < -0.39 is 0 Å². The van der Waals surface area contributed by atoms with Gasteiger partial charge >= 0.3 is 0 Å². The smallest absolute Gasteiger partial charge is 0.0705 e. The van der Waals surface area contributed by atoms with Gasteiger partial charge in [-0.05, 0) is 48.9 Å². The molecular formula is C18H17ClN2. The summed E-state index contributed by atoms with van der Waals surface area (Å²) in [5.74, 6) is 0. The van der Waals surface area contributed by atoms with Crippen molar-refractivity contribution in [3.63, 3.8) is 0 Å². The number of nitrogens with one attached hydrogen (secondary N) is 1. The van der Waals surface area contributed by atoms with Crippen molar-refractivity contribution in [2.24, 2.45) is 0 Å². The standard InChI is InChI=1S/C18H17ClN2/c1-12-7-8-13(11-16(12)19)18(20-2)15-9-10-21-17-6-4-3-5-14(15)17/h3-11,18,20H,1-2H3. The molecule has 0 saturated carbocycles. The second-order valence-corrected chi connectivity index (χ2v) is 5.55. The minimum atomic E-state index is 0.0935. The molecule has 0 aliphatic heterocycles. The van der Waals surface area contributed by atoms with Gasteiger partial charge in [-0.2, -0.15) is 0 Å². The van der Waals surface area contributed by atoms with E-state index in [1.165, 1.54) is 5.56 Å². The van der Waals surface area contributed by atoms with Crippen LogP contribution in [0.3, 0.4) is 0 Å². The second-order valence-electron chi connectivity index (χ2n) is 5.15. The lowest BCUT2D eigenvalue weighted by molar-refractivity contribution is 0.696. The molecule has 2 aromatic carbocycles. The molecule has 0 spiro atoms. The predicted molar refractivity (Wildman–Crippen MR) is 88.8 cm³/mol. The second kappa shape index (κ2) is 5.84. The number of pyridine rings is 1. The molecule has 1 aromatic heterocycles. The van der Waals surface area contributed by atoms with Crippen LogP contribution in [0.5, 0.6) is 0 Å². The summed E-state index contributed by atoms with van der Waals surface area (Å²) < 4.78 is 0. The van der Waals surface area contributed by atoms with Crippen LogP contribution in [-0.4, -0.2) is 12.0 Å². The number of nitrogens with zero attached hydrogens (tertiary/aromatic N) is 1. The van der Waals surface area contributed by atoms with Crippen LogP contribution < -0.4 is 5.32 Å². The van der Waals surface area contributed by atoms with Crippen LogP contribution in [0.4, 0.5) is 0 Å². The summed E-state index contributed by atoms with van der Waals surface area (Å²) in [6.45, 7) is 2.02. The van der Waals surface area contributed by atoms with E-state index in [0.29, 0.717) is 0 Å². The zero-order chi connectivity index (χ0) is 14.8. The number of aromatic nitrogens is 1. The number of aryl methyl sites for hydroxylation is 1. The van der Waals surface area contributed by atoms with Gasteiger partial charge in [0.2, 0.25) is 0 Å². The van der Waals surface area contributed by atoms with Gasteiger partial charge in [0, 0.05) is 16.6 Å². The maximum atomic E-state index is 6.28. The van der Waals surface area contributed by atoms with Crippen molar-refractivity contribution in [3.05, 3.63) is 76.4 Å². The fourth-order valence-electron chi connectivity index (χ4n) is 2.66. The fourth-order valence-corrected chi connectivity index (χ4v) is 2.85. The third-order valence-corrected chi connectivity index (χ3v) is 4.22. The van der Waals surface area contributed by atoms with Crippen LogP contribution in [-0.2, 0) is 0 Å². The molecule has 3 heteroatoms. The van der Waals surface area contributed by atoms with E-state index in [0.717, 1.165) is 27.1 Å². The lowest BCUT2D eigenvalue weighted by Gasteiger charge is -2.19. The van der Waals surface area contributed by atoms with Crippen molar-refractivity contribution < 1.29 is 0 Å². The molecule has 0 aliphatic rings. The molecule has 0 saturated heterocycles. The van der Waals surface area contributed by atoms with Crippen molar-refractivity contribution in [1.29, 1.82) is 0 Å². The Labute approximate surface area is 129 Å². The van der Waals surface area contributed by atoms with Crippen molar-refractivity contribution in [2.75, 3.05) is 7.05 Å². The molecule has 1 heterocycles. The molecule has 106 valence electrons. The van der Waals surface area contributed by atoms with Crippen LogP contribution in [0.2, 0.25) is 5.02 Å². The predicted octanol–water partition coefficient (Wildman–Crippen LogP) is 4.51. The number of benzene rings is 2. The first-order chi connectivity index (χ1) is 10.2. The van der Waals surface area contributed by atoms with Gasteiger partial charge < -0.3 is 5.32 Å². The summed E-state index contributed by atoms with van der Waals surface area (Å²) in [7, 11) is 1.97. The molecule has 3 aromatic rings. The molecule has 0 amide bonds.